The highest BCUT2D eigenvalue weighted by atomic mass is 19.4. The first-order valence-electron chi connectivity index (χ1n) is 8.80. The summed E-state index contributed by atoms with van der Waals surface area (Å²) < 4.78 is 43.2. The number of alkyl halides is 3. The zero-order chi connectivity index (χ0) is 18.6. The normalized spacial score (nSPS) is 21.8. The van der Waals surface area contributed by atoms with Crippen molar-refractivity contribution < 1.29 is 22.7 Å². The molecule has 0 spiro atoms. The molecule has 6 nitrogen and oxygen atoms in total. The van der Waals surface area contributed by atoms with Gasteiger partial charge >= 0.3 is 6.18 Å². The average molecular weight is 372 g/mol. The molecule has 2 aliphatic heterocycles. The van der Waals surface area contributed by atoms with Crippen LogP contribution in [0.2, 0.25) is 0 Å². The molecule has 1 N–H and O–H groups in total. The van der Waals surface area contributed by atoms with Gasteiger partial charge in [0.1, 0.15) is 5.82 Å². The summed E-state index contributed by atoms with van der Waals surface area (Å²) in [5.41, 5.74) is -0.747. The van der Waals surface area contributed by atoms with Crippen molar-refractivity contribution in [1.29, 1.82) is 0 Å². The number of carbonyl (C=O) groups excluding carboxylic acids is 1. The Morgan fingerprint density at radius 3 is 2.62 bits per heavy atom. The molecular formula is C17H23F3N4O2. The molecule has 1 amide bonds. The van der Waals surface area contributed by atoms with E-state index >= 15 is 0 Å². The molecule has 9 heteroatoms. The standard InChI is InChI=1S/C17H23F3N4O2/c18-17(19,20)13-3-4-15(21-10-13)24-7-5-23(6-8-24)12-16(25)22-11-14-2-1-9-26-14/h3-4,10,14H,1-2,5-9,11-12H2,(H,22,25). The van der Waals surface area contributed by atoms with Gasteiger partial charge in [0, 0.05) is 45.5 Å². The number of nitrogens with one attached hydrogen (secondary N) is 1. The Bertz CT molecular complexity index is 595. The fourth-order valence-electron chi connectivity index (χ4n) is 3.17. The SMILES string of the molecule is O=C(CN1CCN(c2ccc(C(F)(F)F)cn2)CC1)NCC1CCCO1. The van der Waals surface area contributed by atoms with E-state index in [2.05, 4.69) is 10.3 Å². The number of aromatic nitrogens is 1. The maximum atomic E-state index is 12.6. The molecule has 1 aromatic rings. The highest BCUT2D eigenvalue weighted by Crippen LogP contribution is 2.29. The monoisotopic (exact) mass is 372 g/mol. The van der Waals surface area contributed by atoms with Crippen LogP contribution in [0.25, 0.3) is 0 Å². The van der Waals surface area contributed by atoms with Crippen molar-refractivity contribution >= 4 is 11.7 Å². The van der Waals surface area contributed by atoms with E-state index in [1.54, 1.807) is 0 Å². The molecule has 144 valence electrons. The quantitative estimate of drug-likeness (QED) is 0.849. The van der Waals surface area contributed by atoms with E-state index in [0.717, 1.165) is 31.7 Å². The van der Waals surface area contributed by atoms with Gasteiger partial charge in [0.25, 0.3) is 0 Å². The second kappa shape index (κ2) is 8.22. The van der Waals surface area contributed by atoms with Crippen molar-refractivity contribution in [2.24, 2.45) is 0 Å². The van der Waals surface area contributed by atoms with Crippen LogP contribution in [0.15, 0.2) is 18.3 Å². The number of nitrogens with zero attached hydrogens (tertiary/aromatic N) is 3. The minimum Gasteiger partial charge on any atom is -0.376 e. The molecule has 1 unspecified atom stereocenters. The van der Waals surface area contributed by atoms with Crippen LogP contribution >= 0.6 is 0 Å². The summed E-state index contributed by atoms with van der Waals surface area (Å²) in [4.78, 5) is 19.9. The summed E-state index contributed by atoms with van der Waals surface area (Å²) in [5.74, 6) is 0.502. The maximum Gasteiger partial charge on any atom is 0.417 e. The third-order valence-corrected chi connectivity index (χ3v) is 4.69. The second-order valence-electron chi connectivity index (χ2n) is 6.61. The number of carbonyl (C=O) groups is 1. The van der Waals surface area contributed by atoms with Gasteiger partial charge in [-0.2, -0.15) is 13.2 Å². The zero-order valence-corrected chi connectivity index (χ0v) is 14.5. The molecule has 1 atom stereocenters. The van der Waals surface area contributed by atoms with E-state index in [1.165, 1.54) is 6.07 Å². The molecule has 0 saturated carbocycles. The Hall–Kier alpha value is -1.87. The first-order chi connectivity index (χ1) is 12.4. The molecular weight excluding hydrogens is 349 g/mol. The third kappa shape index (κ3) is 5.07. The highest BCUT2D eigenvalue weighted by molar-refractivity contribution is 5.78. The summed E-state index contributed by atoms with van der Waals surface area (Å²) in [6.45, 7) is 4.20. The number of hydrogen-bond acceptors (Lipinski definition) is 5. The van der Waals surface area contributed by atoms with Gasteiger partial charge in [0.05, 0.1) is 18.2 Å². The van der Waals surface area contributed by atoms with Gasteiger partial charge in [-0.1, -0.05) is 0 Å². The van der Waals surface area contributed by atoms with Gasteiger partial charge < -0.3 is 15.0 Å². The number of rotatable bonds is 5. The topological polar surface area (TPSA) is 57.7 Å². The highest BCUT2D eigenvalue weighted by Gasteiger charge is 2.31. The zero-order valence-electron chi connectivity index (χ0n) is 14.5. The molecule has 3 heterocycles. The molecule has 1 aromatic heterocycles. The molecule has 2 fully saturated rings. The van der Waals surface area contributed by atoms with Gasteiger partial charge in [-0.25, -0.2) is 4.98 Å². The Morgan fingerprint density at radius 1 is 1.27 bits per heavy atom. The van der Waals surface area contributed by atoms with Crippen LogP contribution in [0.3, 0.4) is 0 Å². The largest absolute Gasteiger partial charge is 0.417 e. The number of hydrogen-bond donors (Lipinski definition) is 1. The number of anilines is 1. The van der Waals surface area contributed by atoms with Crippen molar-refractivity contribution in [2.75, 3.05) is 50.8 Å². The fourth-order valence-corrected chi connectivity index (χ4v) is 3.17. The van der Waals surface area contributed by atoms with Crippen molar-refractivity contribution in [2.45, 2.75) is 25.1 Å². The van der Waals surface area contributed by atoms with Crippen LogP contribution in [0, 0.1) is 0 Å². The predicted octanol–water partition coefficient (Wildman–Crippen LogP) is 1.52. The molecule has 0 radical (unpaired) electrons. The molecule has 2 saturated heterocycles. The summed E-state index contributed by atoms with van der Waals surface area (Å²) in [6, 6.07) is 2.44. The average Bonchev–Trinajstić information content (AvgIpc) is 3.14. The van der Waals surface area contributed by atoms with Crippen molar-refractivity contribution in [3.05, 3.63) is 23.9 Å². The molecule has 0 bridgehead atoms. The summed E-state index contributed by atoms with van der Waals surface area (Å²) in [6.07, 6.45) is -1.36. The van der Waals surface area contributed by atoms with Crippen molar-refractivity contribution in [1.82, 2.24) is 15.2 Å². The Kier molecular flexibility index (Phi) is 5.98. The van der Waals surface area contributed by atoms with E-state index in [4.69, 9.17) is 4.74 Å². The van der Waals surface area contributed by atoms with E-state index in [0.29, 0.717) is 45.1 Å². The van der Waals surface area contributed by atoms with Crippen molar-refractivity contribution in [3.8, 4) is 0 Å². The first-order valence-corrected chi connectivity index (χ1v) is 8.80. The molecule has 3 rings (SSSR count). The second-order valence-corrected chi connectivity index (χ2v) is 6.61. The summed E-state index contributed by atoms with van der Waals surface area (Å²) in [7, 11) is 0. The van der Waals surface area contributed by atoms with Gasteiger partial charge in [-0.3, -0.25) is 9.69 Å². The van der Waals surface area contributed by atoms with Crippen LogP contribution in [-0.2, 0) is 15.7 Å². The lowest BCUT2D eigenvalue weighted by atomic mass is 10.2. The lowest BCUT2D eigenvalue weighted by Gasteiger charge is -2.35. The molecule has 0 aromatic carbocycles. The van der Waals surface area contributed by atoms with Gasteiger partial charge in [-0.15, -0.1) is 0 Å². The predicted molar refractivity (Wildman–Crippen MR) is 89.9 cm³/mol. The Labute approximate surface area is 150 Å². The minimum absolute atomic E-state index is 0.0263. The summed E-state index contributed by atoms with van der Waals surface area (Å²) in [5, 5.41) is 2.90. The van der Waals surface area contributed by atoms with Gasteiger partial charge in [0.15, 0.2) is 0 Å². The first kappa shape index (κ1) is 18.9. The van der Waals surface area contributed by atoms with E-state index in [-0.39, 0.29) is 12.0 Å². The number of halogens is 3. The molecule has 2 aliphatic rings. The maximum absolute atomic E-state index is 12.6. The smallest absolute Gasteiger partial charge is 0.376 e. The number of ether oxygens (including phenoxy) is 1. The van der Waals surface area contributed by atoms with Gasteiger partial charge in [-0.05, 0) is 25.0 Å². The van der Waals surface area contributed by atoms with E-state index in [9.17, 15) is 18.0 Å². The van der Waals surface area contributed by atoms with Crippen molar-refractivity contribution in [3.63, 3.8) is 0 Å². The Balaban J connectivity index is 1.41. The number of piperazine rings is 1. The lowest BCUT2D eigenvalue weighted by molar-refractivity contribution is -0.137. The fraction of sp³-hybridized carbons (Fsp3) is 0.647. The van der Waals surface area contributed by atoms with E-state index < -0.39 is 11.7 Å². The van der Waals surface area contributed by atoms with Gasteiger partial charge in [0.2, 0.25) is 5.91 Å². The molecule has 26 heavy (non-hydrogen) atoms. The van der Waals surface area contributed by atoms with Crippen LogP contribution in [-0.4, -0.2) is 67.8 Å². The number of amides is 1. The van der Waals surface area contributed by atoms with Crippen LogP contribution in [0.5, 0.6) is 0 Å². The third-order valence-electron chi connectivity index (χ3n) is 4.69. The minimum atomic E-state index is -4.37. The van der Waals surface area contributed by atoms with E-state index in [1.807, 2.05) is 9.80 Å². The Morgan fingerprint density at radius 2 is 2.04 bits per heavy atom. The van der Waals surface area contributed by atoms with Crippen LogP contribution < -0.4 is 10.2 Å². The van der Waals surface area contributed by atoms with Crippen LogP contribution in [0.1, 0.15) is 18.4 Å². The summed E-state index contributed by atoms with van der Waals surface area (Å²) >= 11 is 0. The molecule has 0 aliphatic carbocycles. The van der Waals surface area contributed by atoms with Crippen LogP contribution in [0.4, 0.5) is 19.0 Å². The number of pyridine rings is 1. The lowest BCUT2D eigenvalue weighted by Crippen LogP contribution is -2.50.